The van der Waals surface area contributed by atoms with Crippen molar-refractivity contribution in [3.63, 3.8) is 0 Å². The Labute approximate surface area is 104 Å². The second-order valence-corrected chi connectivity index (χ2v) is 4.60. The number of nitrogens with zero attached hydrogens (tertiary/aromatic N) is 3. The van der Waals surface area contributed by atoms with E-state index in [4.69, 9.17) is 9.84 Å². The Bertz CT molecular complexity index is 450. The monoisotopic (exact) mass is 253 g/mol. The zero-order valence-corrected chi connectivity index (χ0v) is 10.7. The topological polar surface area (TPSA) is 92.6 Å². The lowest BCUT2D eigenvalue weighted by atomic mass is 10.2. The second-order valence-electron chi connectivity index (χ2n) is 4.60. The van der Waals surface area contributed by atoms with E-state index in [1.807, 2.05) is 0 Å². The minimum absolute atomic E-state index is 0.184. The molecule has 1 aromatic heterocycles. The smallest absolute Gasteiger partial charge is 0.415 e. The Hall–Kier alpha value is -2.18. The molecule has 1 aromatic rings. The third-order valence-electron chi connectivity index (χ3n) is 1.87. The SMILES string of the molecule is CN(C(=O)OC(C)(C)C)c1cnc(C(=O)O)cn1. The summed E-state index contributed by atoms with van der Waals surface area (Å²) >= 11 is 0. The summed E-state index contributed by atoms with van der Waals surface area (Å²) in [7, 11) is 1.47. The molecule has 0 aliphatic carbocycles. The highest BCUT2D eigenvalue weighted by Gasteiger charge is 2.21. The highest BCUT2D eigenvalue weighted by Crippen LogP contribution is 2.13. The first-order valence-electron chi connectivity index (χ1n) is 5.23. The first-order chi connectivity index (χ1) is 8.20. The van der Waals surface area contributed by atoms with Crippen LogP contribution in [0.4, 0.5) is 10.6 Å². The number of amides is 1. The van der Waals surface area contributed by atoms with Crippen molar-refractivity contribution in [3.05, 3.63) is 18.1 Å². The fourth-order valence-electron chi connectivity index (χ4n) is 1.03. The zero-order chi connectivity index (χ0) is 13.9. The number of anilines is 1. The average Bonchev–Trinajstić information content (AvgIpc) is 2.26. The molecule has 0 spiro atoms. The van der Waals surface area contributed by atoms with Gasteiger partial charge in [-0.3, -0.25) is 4.90 Å². The van der Waals surface area contributed by atoms with Crippen LogP contribution in [0.15, 0.2) is 12.4 Å². The van der Waals surface area contributed by atoms with E-state index in [9.17, 15) is 9.59 Å². The highest BCUT2D eigenvalue weighted by atomic mass is 16.6. The van der Waals surface area contributed by atoms with E-state index in [0.717, 1.165) is 11.1 Å². The zero-order valence-electron chi connectivity index (χ0n) is 10.7. The van der Waals surface area contributed by atoms with Gasteiger partial charge >= 0.3 is 12.1 Å². The van der Waals surface area contributed by atoms with Gasteiger partial charge in [-0.2, -0.15) is 0 Å². The molecule has 0 saturated carbocycles. The van der Waals surface area contributed by atoms with Gasteiger partial charge in [0.1, 0.15) is 5.60 Å². The lowest BCUT2D eigenvalue weighted by molar-refractivity contribution is 0.0587. The summed E-state index contributed by atoms with van der Waals surface area (Å²) in [6.45, 7) is 5.24. The van der Waals surface area contributed by atoms with Crippen LogP contribution < -0.4 is 4.90 Å². The third-order valence-corrected chi connectivity index (χ3v) is 1.87. The Morgan fingerprint density at radius 1 is 1.28 bits per heavy atom. The number of carboxylic acid groups (broad SMARTS) is 1. The fourth-order valence-corrected chi connectivity index (χ4v) is 1.03. The molecule has 7 nitrogen and oxygen atoms in total. The maximum atomic E-state index is 11.7. The van der Waals surface area contributed by atoms with Crippen molar-refractivity contribution in [2.24, 2.45) is 0 Å². The molecule has 0 aromatic carbocycles. The maximum absolute atomic E-state index is 11.7. The van der Waals surface area contributed by atoms with Crippen molar-refractivity contribution in [2.45, 2.75) is 26.4 Å². The number of carbonyl (C=O) groups is 2. The summed E-state index contributed by atoms with van der Waals surface area (Å²) in [6.07, 6.45) is 1.70. The van der Waals surface area contributed by atoms with Gasteiger partial charge in [-0.1, -0.05) is 0 Å². The lowest BCUT2D eigenvalue weighted by Crippen LogP contribution is -2.34. The van der Waals surface area contributed by atoms with Crippen molar-refractivity contribution < 1.29 is 19.4 Å². The molecule has 0 aliphatic heterocycles. The summed E-state index contributed by atoms with van der Waals surface area (Å²) in [6, 6.07) is 0. The van der Waals surface area contributed by atoms with E-state index >= 15 is 0 Å². The van der Waals surface area contributed by atoms with E-state index < -0.39 is 17.7 Å². The van der Waals surface area contributed by atoms with Crippen LogP contribution >= 0.6 is 0 Å². The normalized spacial score (nSPS) is 10.9. The van der Waals surface area contributed by atoms with Crippen LogP contribution in [0.25, 0.3) is 0 Å². The molecule has 0 unspecified atom stereocenters. The molecule has 0 bridgehead atoms. The molecule has 1 amide bonds. The van der Waals surface area contributed by atoms with Crippen molar-refractivity contribution in [1.29, 1.82) is 0 Å². The van der Waals surface area contributed by atoms with Gasteiger partial charge in [0.15, 0.2) is 11.5 Å². The minimum Gasteiger partial charge on any atom is -0.476 e. The molecule has 0 atom stereocenters. The van der Waals surface area contributed by atoms with Gasteiger partial charge in [0.25, 0.3) is 0 Å². The highest BCUT2D eigenvalue weighted by molar-refractivity contribution is 5.87. The van der Waals surface area contributed by atoms with Crippen LogP contribution in [-0.2, 0) is 4.74 Å². The molecule has 1 N–H and O–H groups in total. The minimum atomic E-state index is -1.17. The Morgan fingerprint density at radius 2 is 1.89 bits per heavy atom. The van der Waals surface area contributed by atoms with Crippen LogP contribution in [-0.4, -0.2) is 39.8 Å². The van der Waals surface area contributed by atoms with Gasteiger partial charge in [-0.05, 0) is 20.8 Å². The molecule has 0 radical (unpaired) electrons. The molecule has 7 heteroatoms. The molecule has 1 heterocycles. The largest absolute Gasteiger partial charge is 0.476 e. The van der Waals surface area contributed by atoms with Gasteiger partial charge in [0.2, 0.25) is 0 Å². The van der Waals surface area contributed by atoms with E-state index in [-0.39, 0.29) is 11.5 Å². The maximum Gasteiger partial charge on any atom is 0.415 e. The molecule has 0 saturated heterocycles. The Balaban J connectivity index is 2.81. The first kappa shape index (κ1) is 13.9. The summed E-state index contributed by atoms with van der Waals surface area (Å²) in [5, 5.41) is 8.67. The number of hydrogen-bond acceptors (Lipinski definition) is 5. The molecule has 1 rings (SSSR count). The van der Waals surface area contributed by atoms with E-state index in [1.165, 1.54) is 13.2 Å². The third kappa shape index (κ3) is 3.69. The lowest BCUT2D eigenvalue weighted by Gasteiger charge is -2.23. The summed E-state index contributed by atoms with van der Waals surface area (Å²) in [4.78, 5) is 30.9. The summed E-state index contributed by atoms with van der Waals surface area (Å²) in [5.41, 5.74) is -0.795. The number of aromatic carboxylic acids is 1. The van der Waals surface area contributed by atoms with Gasteiger partial charge in [-0.25, -0.2) is 19.6 Å². The van der Waals surface area contributed by atoms with Crippen molar-refractivity contribution in [2.75, 3.05) is 11.9 Å². The Kier molecular flexibility index (Phi) is 3.85. The van der Waals surface area contributed by atoms with Crippen LogP contribution in [0.5, 0.6) is 0 Å². The van der Waals surface area contributed by atoms with Gasteiger partial charge < -0.3 is 9.84 Å². The summed E-state index contributed by atoms with van der Waals surface area (Å²) < 4.78 is 5.13. The Morgan fingerprint density at radius 3 is 2.28 bits per heavy atom. The molecular formula is C11H15N3O4. The number of hydrogen-bond donors (Lipinski definition) is 1. The standard InChI is InChI=1S/C11H15N3O4/c1-11(2,3)18-10(17)14(4)8-6-12-7(5-13-8)9(15)16/h5-6H,1-4H3,(H,15,16). The van der Waals surface area contributed by atoms with Crippen LogP contribution in [0.3, 0.4) is 0 Å². The van der Waals surface area contributed by atoms with Crippen molar-refractivity contribution in [1.82, 2.24) is 9.97 Å². The number of carbonyl (C=O) groups excluding carboxylic acids is 1. The molecular weight excluding hydrogens is 238 g/mol. The van der Waals surface area contributed by atoms with Gasteiger partial charge in [0.05, 0.1) is 12.4 Å². The quantitative estimate of drug-likeness (QED) is 0.859. The predicted octanol–water partition coefficient (Wildman–Crippen LogP) is 1.55. The van der Waals surface area contributed by atoms with Crippen LogP contribution in [0.1, 0.15) is 31.3 Å². The van der Waals surface area contributed by atoms with E-state index in [1.54, 1.807) is 20.8 Å². The summed E-state index contributed by atoms with van der Waals surface area (Å²) in [5.74, 6) is -0.955. The van der Waals surface area contributed by atoms with Gasteiger partial charge in [-0.15, -0.1) is 0 Å². The fraction of sp³-hybridized carbons (Fsp3) is 0.455. The number of rotatable bonds is 2. The molecule has 98 valence electrons. The average molecular weight is 253 g/mol. The van der Waals surface area contributed by atoms with Crippen LogP contribution in [0, 0.1) is 0 Å². The first-order valence-corrected chi connectivity index (χ1v) is 5.23. The number of ether oxygens (including phenoxy) is 1. The number of aromatic nitrogens is 2. The van der Waals surface area contributed by atoms with Crippen molar-refractivity contribution in [3.8, 4) is 0 Å². The molecule has 18 heavy (non-hydrogen) atoms. The van der Waals surface area contributed by atoms with E-state index in [0.29, 0.717) is 0 Å². The molecule has 0 aliphatic rings. The molecule has 0 fully saturated rings. The number of carboxylic acids is 1. The van der Waals surface area contributed by atoms with Gasteiger partial charge in [0, 0.05) is 7.05 Å². The predicted molar refractivity (Wildman–Crippen MR) is 63.6 cm³/mol. The van der Waals surface area contributed by atoms with Crippen LogP contribution in [0.2, 0.25) is 0 Å². The van der Waals surface area contributed by atoms with Crippen molar-refractivity contribution >= 4 is 17.9 Å². The van der Waals surface area contributed by atoms with E-state index in [2.05, 4.69) is 9.97 Å². The second kappa shape index (κ2) is 4.99.